The van der Waals surface area contributed by atoms with Gasteiger partial charge in [0.2, 0.25) is 0 Å². The molecule has 0 aliphatic heterocycles. The van der Waals surface area contributed by atoms with Crippen molar-refractivity contribution in [2.75, 3.05) is 7.11 Å². The fraction of sp³-hybridized carbons (Fsp3) is 0.500. The van der Waals surface area contributed by atoms with Crippen LogP contribution in [-0.2, 0) is 13.0 Å². The summed E-state index contributed by atoms with van der Waals surface area (Å²) in [6, 6.07) is 8.99. The molecule has 1 unspecified atom stereocenters. The third-order valence-corrected chi connectivity index (χ3v) is 6.71. The first kappa shape index (κ1) is 23.6. The minimum atomic E-state index is -4.26. The highest BCUT2D eigenvalue weighted by Crippen LogP contribution is 2.43. The maximum Gasteiger partial charge on any atom is 0.403 e. The van der Waals surface area contributed by atoms with Crippen LogP contribution in [0.4, 0.5) is 13.2 Å². The second-order valence-electron chi connectivity index (χ2n) is 8.96. The molecule has 0 bridgehead atoms. The molecule has 1 aliphatic carbocycles. The van der Waals surface area contributed by atoms with E-state index in [0.717, 1.165) is 61.7 Å². The summed E-state index contributed by atoms with van der Waals surface area (Å²) in [5.74, 6) is 0.839. The Morgan fingerprint density at radius 2 is 2.00 bits per heavy atom. The third kappa shape index (κ3) is 4.88. The SMILES string of the molecule is CCCCc1c(-c2ccc(CNC(C)C(F)(F)F)cn2)n(C2CCC2)c2ccc(OC)cc12. The van der Waals surface area contributed by atoms with Gasteiger partial charge < -0.3 is 14.6 Å². The summed E-state index contributed by atoms with van der Waals surface area (Å²) in [6.45, 7) is 3.44. The summed E-state index contributed by atoms with van der Waals surface area (Å²) in [4.78, 5) is 4.72. The maximum absolute atomic E-state index is 12.8. The summed E-state index contributed by atoms with van der Waals surface area (Å²) in [6.07, 6.45) is 4.06. The topological polar surface area (TPSA) is 39.1 Å². The predicted molar refractivity (Wildman–Crippen MR) is 126 cm³/mol. The zero-order valence-corrected chi connectivity index (χ0v) is 19.5. The van der Waals surface area contributed by atoms with Crippen LogP contribution in [0.15, 0.2) is 36.5 Å². The molecule has 1 atom stereocenters. The lowest BCUT2D eigenvalue weighted by atomic mass is 9.92. The second-order valence-corrected chi connectivity index (χ2v) is 8.96. The molecule has 33 heavy (non-hydrogen) atoms. The lowest BCUT2D eigenvalue weighted by molar-refractivity contribution is -0.151. The number of rotatable bonds is 9. The fourth-order valence-corrected chi connectivity index (χ4v) is 4.45. The van der Waals surface area contributed by atoms with Crippen LogP contribution in [0.2, 0.25) is 0 Å². The molecule has 2 aromatic heterocycles. The van der Waals surface area contributed by atoms with Crippen molar-refractivity contribution in [3.63, 3.8) is 0 Å². The van der Waals surface area contributed by atoms with Crippen LogP contribution < -0.4 is 10.1 Å². The molecule has 1 aromatic carbocycles. The van der Waals surface area contributed by atoms with Crippen LogP contribution in [0.1, 0.15) is 63.1 Å². The lowest BCUT2D eigenvalue weighted by Crippen LogP contribution is -2.39. The van der Waals surface area contributed by atoms with E-state index in [1.54, 1.807) is 13.3 Å². The number of aromatic nitrogens is 2. The van der Waals surface area contributed by atoms with Gasteiger partial charge >= 0.3 is 6.18 Å². The number of halogens is 3. The lowest BCUT2D eigenvalue weighted by Gasteiger charge is -2.30. The minimum Gasteiger partial charge on any atom is -0.497 e. The number of aryl methyl sites for hydroxylation is 1. The van der Waals surface area contributed by atoms with Crippen molar-refractivity contribution in [2.24, 2.45) is 0 Å². The molecule has 1 fully saturated rings. The van der Waals surface area contributed by atoms with Crippen molar-refractivity contribution < 1.29 is 17.9 Å². The number of pyridine rings is 1. The first-order chi connectivity index (χ1) is 15.8. The van der Waals surface area contributed by atoms with Gasteiger partial charge in [0.05, 0.1) is 18.5 Å². The molecule has 4 nitrogen and oxygen atoms in total. The molecule has 178 valence electrons. The van der Waals surface area contributed by atoms with E-state index in [-0.39, 0.29) is 6.54 Å². The Labute approximate surface area is 193 Å². The Morgan fingerprint density at radius 1 is 1.21 bits per heavy atom. The normalized spacial score (nSPS) is 15.6. The van der Waals surface area contributed by atoms with E-state index in [0.29, 0.717) is 6.04 Å². The highest BCUT2D eigenvalue weighted by molar-refractivity contribution is 5.92. The number of hydrogen-bond acceptors (Lipinski definition) is 3. The van der Waals surface area contributed by atoms with Crippen molar-refractivity contribution >= 4 is 10.9 Å². The number of alkyl halides is 3. The van der Waals surface area contributed by atoms with Gasteiger partial charge in [0.25, 0.3) is 0 Å². The Balaban J connectivity index is 1.74. The molecular formula is C26H32F3N3O. The molecule has 1 N–H and O–H groups in total. The highest BCUT2D eigenvalue weighted by Gasteiger charge is 2.35. The molecule has 4 rings (SSSR count). The summed E-state index contributed by atoms with van der Waals surface area (Å²) in [5.41, 5.74) is 5.23. The Hall–Kier alpha value is -2.54. The van der Waals surface area contributed by atoms with Crippen molar-refractivity contribution in [3.05, 3.63) is 47.7 Å². The Bertz CT molecular complexity index is 1080. The maximum atomic E-state index is 12.8. The zero-order chi connectivity index (χ0) is 23.6. The molecule has 1 saturated carbocycles. The van der Waals surface area contributed by atoms with Gasteiger partial charge in [-0.15, -0.1) is 0 Å². The van der Waals surface area contributed by atoms with E-state index in [9.17, 15) is 13.2 Å². The van der Waals surface area contributed by atoms with Crippen LogP contribution in [0.25, 0.3) is 22.3 Å². The number of unbranched alkanes of at least 4 members (excludes halogenated alkanes) is 1. The van der Waals surface area contributed by atoms with Crippen molar-refractivity contribution in [1.82, 2.24) is 14.9 Å². The number of nitrogens with one attached hydrogen (secondary N) is 1. The highest BCUT2D eigenvalue weighted by atomic mass is 19.4. The van der Waals surface area contributed by atoms with E-state index >= 15 is 0 Å². The molecular weight excluding hydrogens is 427 g/mol. The number of benzene rings is 1. The second kappa shape index (κ2) is 9.75. The standard InChI is InChI=1S/C26H32F3N3O/c1-4-5-9-21-22-14-20(33-3)11-13-24(22)32(19-7-6-8-19)25(21)23-12-10-18(16-31-23)15-30-17(2)26(27,28)29/h10-14,16-17,19,30H,4-9,15H2,1-3H3. The Morgan fingerprint density at radius 3 is 2.58 bits per heavy atom. The monoisotopic (exact) mass is 459 g/mol. The van der Waals surface area contributed by atoms with Gasteiger partial charge in [-0.25, -0.2) is 0 Å². The molecule has 0 amide bonds. The van der Waals surface area contributed by atoms with Gasteiger partial charge in [0.1, 0.15) is 11.8 Å². The van der Waals surface area contributed by atoms with Gasteiger partial charge in [-0.3, -0.25) is 4.98 Å². The fourth-order valence-electron chi connectivity index (χ4n) is 4.45. The molecule has 2 heterocycles. The molecule has 7 heteroatoms. The third-order valence-electron chi connectivity index (χ3n) is 6.71. The van der Waals surface area contributed by atoms with Crippen LogP contribution in [0.3, 0.4) is 0 Å². The van der Waals surface area contributed by atoms with Crippen LogP contribution in [0.5, 0.6) is 5.75 Å². The number of methoxy groups -OCH3 is 1. The average molecular weight is 460 g/mol. The number of ether oxygens (including phenoxy) is 1. The van der Waals surface area contributed by atoms with E-state index in [2.05, 4.69) is 28.9 Å². The van der Waals surface area contributed by atoms with Gasteiger partial charge in [0.15, 0.2) is 0 Å². The van der Waals surface area contributed by atoms with Gasteiger partial charge in [-0.1, -0.05) is 19.4 Å². The molecule has 0 spiro atoms. The van der Waals surface area contributed by atoms with Gasteiger partial charge in [0, 0.05) is 29.7 Å². The molecule has 0 radical (unpaired) electrons. The summed E-state index contributed by atoms with van der Waals surface area (Å²) >= 11 is 0. The van der Waals surface area contributed by atoms with Crippen LogP contribution in [0, 0.1) is 0 Å². The van der Waals surface area contributed by atoms with Crippen LogP contribution >= 0.6 is 0 Å². The van der Waals surface area contributed by atoms with E-state index in [1.807, 2.05) is 18.2 Å². The van der Waals surface area contributed by atoms with E-state index in [1.165, 1.54) is 22.9 Å². The largest absolute Gasteiger partial charge is 0.497 e. The number of hydrogen-bond donors (Lipinski definition) is 1. The number of nitrogens with zero attached hydrogens (tertiary/aromatic N) is 2. The summed E-state index contributed by atoms with van der Waals surface area (Å²) < 4.78 is 46.4. The quantitative estimate of drug-likeness (QED) is 0.382. The van der Waals surface area contributed by atoms with Crippen LogP contribution in [-0.4, -0.2) is 28.9 Å². The minimum absolute atomic E-state index is 0.124. The van der Waals surface area contributed by atoms with Gasteiger partial charge in [-0.05, 0) is 74.4 Å². The van der Waals surface area contributed by atoms with Crippen molar-refractivity contribution in [2.45, 2.75) is 77.2 Å². The first-order valence-electron chi connectivity index (χ1n) is 11.8. The van der Waals surface area contributed by atoms with Gasteiger partial charge in [-0.2, -0.15) is 13.2 Å². The van der Waals surface area contributed by atoms with E-state index < -0.39 is 12.2 Å². The summed E-state index contributed by atoms with van der Waals surface area (Å²) in [7, 11) is 1.69. The molecule has 1 aliphatic rings. The summed E-state index contributed by atoms with van der Waals surface area (Å²) in [5, 5.41) is 3.74. The average Bonchev–Trinajstić information content (AvgIpc) is 3.07. The first-order valence-corrected chi connectivity index (χ1v) is 11.8. The smallest absolute Gasteiger partial charge is 0.403 e. The van der Waals surface area contributed by atoms with Crippen molar-refractivity contribution in [3.8, 4) is 17.1 Å². The predicted octanol–water partition coefficient (Wildman–Crippen LogP) is 6.82. The zero-order valence-electron chi connectivity index (χ0n) is 19.5. The van der Waals surface area contributed by atoms with E-state index in [4.69, 9.17) is 9.72 Å². The molecule has 0 saturated heterocycles. The van der Waals surface area contributed by atoms with Crippen molar-refractivity contribution in [1.29, 1.82) is 0 Å². The Kier molecular flexibility index (Phi) is 6.98. The molecule has 3 aromatic rings. The number of fused-ring (bicyclic) bond motifs is 1.